The molecule has 2 heterocycles. The van der Waals surface area contributed by atoms with Crippen molar-refractivity contribution in [2.45, 2.75) is 34.2 Å². The second kappa shape index (κ2) is 5.52. The summed E-state index contributed by atoms with van der Waals surface area (Å²) in [5.41, 5.74) is 0.988. The van der Waals surface area contributed by atoms with Gasteiger partial charge in [0.1, 0.15) is 5.76 Å². The van der Waals surface area contributed by atoms with Crippen LogP contribution in [0.5, 0.6) is 0 Å². The van der Waals surface area contributed by atoms with E-state index in [2.05, 4.69) is 29.0 Å². The summed E-state index contributed by atoms with van der Waals surface area (Å²) in [5.74, 6) is 0.646. The molecule has 0 aromatic carbocycles. The highest BCUT2D eigenvalue weighted by atomic mass is 16.5. The van der Waals surface area contributed by atoms with Gasteiger partial charge in [0.05, 0.1) is 17.6 Å². The zero-order chi connectivity index (χ0) is 14.0. The van der Waals surface area contributed by atoms with E-state index in [0.29, 0.717) is 17.8 Å². The topological polar surface area (TPSA) is 64.2 Å². The summed E-state index contributed by atoms with van der Waals surface area (Å²) in [7, 11) is 0. The van der Waals surface area contributed by atoms with Crippen LogP contribution >= 0.6 is 0 Å². The highest BCUT2D eigenvalue weighted by Crippen LogP contribution is 2.16. The van der Waals surface area contributed by atoms with Crippen molar-refractivity contribution in [1.29, 1.82) is 0 Å². The molecule has 0 aliphatic carbocycles. The normalized spacial score (nSPS) is 11.6. The molecule has 0 radical (unpaired) electrons. The monoisotopic (exact) mass is 264 g/mol. The zero-order valence-electron chi connectivity index (χ0n) is 11.9. The maximum Gasteiger partial charge on any atom is 0.296 e. The molecular formula is C13H20N4O2. The molecule has 0 N–H and O–H groups in total. The summed E-state index contributed by atoms with van der Waals surface area (Å²) in [5, 5.41) is 8.94. The number of hydrogen-bond donors (Lipinski definition) is 0. The molecule has 104 valence electrons. The van der Waals surface area contributed by atoms with E-state index in [0.717, 1.165) is 30.7 Å². The van der Waals surface area contributed by atoms with E-state index in [1.165, 1.54) is 4.68 Å². The Labute approximate surface area is 112 Å². The van der Waals surface area contributed by atoms with Gasteiger partial charge in [0, 0.05) is 6.54 Å². The Hall–Kier alpha value is -1.69. The van der Waals surface area contributed by atoms with Gasteiger partial charge < -0.3 is 9.42 Å². The SMILES string of the molecule is CCN(CC)CCn1nc(C)c2c(C)onc2c1=O. The second-order valence-corrected chi connectivity index (χ2v) is 4.60. The third-order valence-electron chi connectivity index (χ3n) is 3.45. The van der Waals surface area contributed by atoms with Crippen LogP contribution in [0.25, 0.3) is 10.9 Å². The van der Waals surface area contributed by atoms with Gasteiger partial charge in [0.25, 0.3) is 5.56 Å². The number of rotatable bonds is 5. The fraction of sp³-hybridized carbons (Fsp3) is 0.615. The van der Waals surface area contributed by atoms with Crippen LogP contribution in [0.15, 0.2) is 9.32 Å². The van der Waals surface area contributed by atoms with Gasteiger partial charge in [-0.3, -0.25) is 4.79 Å². The minimum atomic E-state index is -0.176. The van der Waals surface area contributed by atoms with E-state index in [1.807, 2.05) is 6.92 Å². The first-order valence-corrected chi connectivity index (χ1v) is 6.64. The van der Waals surface area contributed by atoms with Gasteiger partial charge in [-0.2, -0.15) is 5.10 Å². The van der Waals surface area contributed by atoms with Crippen LogP contribution in [0, 0.1) is 13.8 Å². The second-order valence-electron chi connectivity index (χ2n) is 4.60. The van der Waals surface area contributed by atoms with E-state index >= 15 is 0 Å². The summed E-state index contributed by atoms with van der Waals surface area (Å²) < 4.78 is 6.57. The quantitative estimate of drug-likeness (QED) is 0.815. The van der Waals surface area contributed by atoms with Crippen molar-refractivity contribution < 1.29 is 4.52 Å². The third-order valence-corrected chi connectivity index (χ3v) is 3.45. The maximum atomic E-state index is 12.2. The van der Waals surface area contributed by atoms with Gasteiger partial charge in [-0.1, -0.05) is 19.0 Å². The van der Waals surface area contributed by atoms with Gasteiger partial charge in [0.15, 0.2) is 5.52 Å². The molecule has 0 fully saturated rings. The number of likely N-dealkylation sites (N-methyl/N-ethyl adjacent to an activating group) is 1. The minimum Gasteiger partial charge on any atom is -0.360 e. The van der Waals surface area contributed by atoms with Gasteiger partial charge >= 0.3 is 0 Å². The maximum absolute atomic E-state index is 12.2. The standard InChI is InChI=1S/C13H20N4O2/c1-5-16(6-2)7-8-17-13(18)12-11(9(3)14-17)10(4)19-15-12/h5-8H2,1-4H3. The Kier molecular flexibility index (Phi) is 3.99. The smallest absolute Gasteiger partial charge is 0.296 e. The fourth-order valence-corrected chi connectivity index (χ4v) is 2.27. The summed E-state index contributed by atoms with van der Waals surface area (Å²) in [6.07, 6.45) is 0. The summed E-state index contributed by atoms with van der Waals surface area (Å²) in [6.45, 7) is 11.2. The van der Waals surface area contributed by atoms with Crippen molar-refractivity contribution in [2.24, 2.45) is 0 Å². The van der Waals surface area contributed by atoms with Crippen molar-refractivity contribution in [3.8, 4) is 0 Å². The molecule has 0 bridgehead atoms. The molecule has 2 aromatic rings. The van der Waals surface area contributed by atoms with Crippen molar-refractivity contribution in [3.63, 3.8) is 0 Å². The molecule has 2 rings (SSSR count). The van der Waals surface area contributed by atoms with Gasteiger partial charge in [-0.05, 0) is 26.9 Å². The van der Waals surface area contributed by atoms with E-state index < -0.39 is 0 Å². The van der Waals surface area contributed by atoms with Crippen molar-refractivity contribution in [3.05, 3.63) is 21.8 Å². The number of aryl methyl sites for hydroxylation is 2. The Morgan fingerprint density at radius 3 is 2.58 bits per heavy atom. The molecule has 2 aromatic heterocycles. The molecule has 0 aliphatic rings. The van der Waals surface area contributed by atoms with Crippen molar-refractivity contribution in [2.75, 3.05) is 19.6 Å². The molecule has 0 atom stereocenters. The highest BCUT2D eigenvalue weighted by Gasteiger charge is 2.15. The Bertz CT molecular complexity index is 625. The first kappa shape index (κ1) is 13.7. The zero-order valence-corrected chi connectivity index (χ0v) is 11.9. The number of hydrogen-bond acceptors (Lipinski definition) is 5. The van der Waals surface area contributed by atoms with Crippen LogP contribution in [0.3, 0.4) is 0 Å². The molecule has 0 aliphatic heterocycles. The average molecular weight is 264 g/mol. The van der Waals surface area contributed by atoms with E-state index in [4.69, 9.17) is 4.52 Å². The molecule has 0 amide bonds. The Morgan fingerprint density at radius 2 is 1.95 bits per heavy atom. The first-order valence-electron chi connectivity index (χ1n) is 6.64. The van der Waals surface area contributed by atoms with Crippen LogP contribution in [-0.4, -0.2) is 39.5 Å². The van der Waals surface area contributed by atoms with Crippen molar-refractivity contribution >= 4 is 10.9 Å². The number of fused-ring (bicyclic) bond motifs is 1. The van der Waals surface area contributed by atoms with Crippen LogP contribution in [-0.2, 0) is 6.54 Å². The molecular weight excluding hydrogens is 244 g/mol. The Balaban J connectivity index is 2.35. The summed E-state index contributed by atoms with van der Waals surface area (Å²) in [4.78, 5) is 14.5. The lowest BCUT2D eigenvalue weighted by atomic mass is 10.2. The fourth-order valence-electron chi connectivity index (χ4n) is 2.27. The molecule has 0 unspecified atom stereocenters. The van der Waals surface area contributed by atoms with Gasteiger partial charge in [-0.15, -0.1) is 0 Å². The third kappa shape index (κ3) is 2.53. The molecule has 0 spiro atoms. The van der Waals surface area contributed by atoms with E-state index in [-0.39, 0.29) is 5.56 Å². The van der Waals surface area contributed by atoms with Crippen LogP contribution in [0.2, 0.25) is 0 Å². The lowest BCUT2D eigenvalue weighted by Crippen LogP contribution is -2.32. The molecule has 0 saturated heterocycles. The predicted octanol–water partition coefficient (Wildman–Crippen LogP) is 1.34. The molecule has 6 nitrogen and oxygen atoms in total. The molecule has 19 heavy (non-hydrogen) atoms. The van der Waals surface area contributed by atoms with Gasteiger partial charge in [0.2, 0.25) is 0 Å². The first-order chi connectivity index (χ1) is 9.08. The van der Waals surface area contributed by atoms with Crippen LogP contribution in [0.4, 0.5) is 0 Å². The number of aromatic nitrogens is 3. The summed E-state index contributed by atoms with van der Waals surface area (Å²) >= 11 is 0. The molecule has 0 saturated carbocycles. The van der Waals surface area contributed by atoms with Crippen molar-refractivity contribution in [1.82, 2.24) is 19.8 Å². The number of nitrogens with zero attached hydrogens (tertiary/aromatic N) is 4. The van der Waals surface area contributed by atoms with Gasteiger partial charge in [-0.25, -0.2) is 4.68 Å². The minimum absolute atomic E-state index is 0.176. The lowest BCUT2D eigenvalue weighted by molar-refractivity contribution is 0.282. The molecule has 6 heteroatoms. The van der Waals surface area contributed by atoms with E-state index in [9.17, 15) is 4.79 Å². The average Bonchev–Trinajstić information content (AvgIpc) is 2.79. The largest absolute Gasteiger partial charge is 0.360 e. The van der Waals surface area contributed by atoms with E-state index in [1.54, 1.807) is 6.92 Å². The van der Waals surface area contributed by atoms with Crippen LogP contribution in [0.1, 0.15) is 25.3 Å². The Morgan fingerprint density at radius 1 is 1.26 bits per heavy atom. The lowest BCUT2D eigenvalue weighted by Gasteiger charge is -2.18. The highest BCUT2D eigenvalue weighted by molar-refractivity contribution is 5.81. The van der Waals surface area contributed by atoms with Crippen LogP contribution < -0.4 is 5.56 Å². The summed E-state index contributed by atoms with van der Waals surface area (Å²) in [6, 6.07) is 0. The predicted molar refractivity (Wildman–Crippen MR) is 73.3 cm³/mol.